The van der Waals surface area contributed by atoms with Gasteiger partial charge in [0.25, 0.3) is 0 Å². The van der Waals surface area contributed by atoms with Crippen molar-refractivity contribution >= 4 is 10.0 Å². The molecule has 0 aliphatic heterocycles. The first kappa shape index (κ1) is 20.0. The first-order valence-corrected chi connectivity index (χ1v) is 11.4. The van der Waals surface area contributed by atoms with E-state index in [1.165, 1.54) is 12.8 Å². The lowest BCUT2D eigenvalue weighted by atomic mass is 10.2. The lowest BCUT2D eigenvalue weighted by Gasteiger charge is -2.17. The van der Waals surface area contributed by atoms with Crippen LogP contribution in [0.15, 0.2) is 41.4 Å². The highest BCUT2D eigenvalue weighted by atomic mass is 32.2. The molecule has 1 fully saturated rings. The molecule has 0 atom stereocenters. The van der Waals surface area contributed by atoms with Crippen LogP contribution < -0.4 is 4.72 Å². The number of nitrogens with zero attached hydrogens (tertiary/aromatic N) is 3. The number of hydrogen-bond donors (Lipinski definition) is 1. The first-order valence-electron chi connectivity index (χ1n) is 9.91. The Labute approximate surface area is 162 Å². The summed E-state index contributed by atoms with van der Waals surface area (Å²) in [5.74, 6) is 0. The zero-order chi connectivity index (χ0) is 19.3. The van der Waals surface area contributed by atoms with Gasteiger partial charge in [-0.15, -0.1) is 0 Å². The number of sulfonamides is 1. The summed E-state index contributed by atoms with van der Waals surface area (Å²) in [5.41, 5.74) is 1.37. The van der Waals surface area contributed by atoms with E-state index in [1.54, 1.807) is 6.20 Å². The molecule has 0 amide bonds. The number of aromatic nitrogens is 2. The Bertz CT molecular complexity index is 823. The molecule has 27 heavy (non-hydrogen) atoms. The molecule has 0 spiro atoms. The van der Waals surface area contributed by atoms with Crippen LogP contribution in [0.5, 0.6) is 0 Å². The maximum Gasteiger partial charge on any atom is 0.244 e. The van der Waals surface area contributed by atoms with E-state index >= 15 is 0 Å². The Hall–Kier alpha value is -1.70. The number of nitrogens with one attached hydrogen (secondary N) is 1. The van der Waals surface area contributed by atoms with E-state index in [0.29, 0.717) is 24.8 Å². The first-order chi connectivity index (χ1) is 13.0. The van der Waals surface area contributed by atoms with Gasteiger partial charge in [0.15, 0.2) is 0 Å². The predicted octanol–water partition coefficient (Wildman–Crippen LogP) is 3.29. The molecule has 3 rings (SSSR count). The van der Waals surface area contributed by atoms with Crippen molar-refractivity contribution < 1.29 is 8.42 Å². The molecule has 2 aromatic rings. The third kappa shape index (κ3) is 4.78. The van der Waals surface area contributed by atoms with E-state index in [1.807, 2.05) is 35.0 Å². The number of rotatable bonds is 9. The lowest BCUT2D eigenvalue weighted by molar-refractivity contribution is 0.309. The predicted molar refractivity (Wildman–Crippen MR) is 108 cm³/mol. The van der Waals surface area contributed by atoms with Gasteiger partial charge < -0.3 is 4.90 Å². The maximum absolute atomic E-state index is 13.0. The van der Waals surface area contributed by atoms with Crippen molar-refractivity contribution in [3.8, 4) is 11.3 Å². The molecule has 0 bridgehead atoms. The van der Waals surface area contributed by atoms with Crippen molar-refractivity contribution in [2.24, 2.45) is 0 Å². The van der Waals surface area contributed by atoms with Gasteiger partial charge in [0, 0.05) is 24.8 Å². The van der Waals surface area contributed by atoms with Gasteiger partial charge in [-0.3, -0.25) is 4.68 Å². The Kier molecular flexibility index (Phi) is 6.68. The van der Waals surface area contributed by atoms with E-state index < -0.39 is 10.0 Å². The minimum atomic E-state index is -3.62. The van der Waals surface area contributed by atoms with Gasteiger partial charge in [-0.2, -0.15) is 5.10 Å². The van der Waals surface area contributed by atoms with Crippen LogP contribution in [0, 0.1) is 0 Å². The van der Waals surface area contributed by atoms with E-state index in [9.17, 15) is 8.42 Å². The average molecular weight is 391 g/mol. The highest BCUT2D eigenvalue weighted by Gasteiger charge is 2.26. The Morgan fingerprint density at radius 3 is 2.44 bits per heavy atom. The fourth-order valence-corrected chi connectivity index (χ4v) is 4.85. The summed E-state index contributed by atoms with van der Waals surface area (Å²) in [6, 6.07) is 9.87. The van der Waals surface area contributed by atoms with Crippen LogP contribution in [0.2, 0.25) is 0 Å². The van der Waals surface area contributed by atoms with Crippen LogP contribution in [-0.2, 0) is 10.0 Å². The zero-order valence-electron chi connectivity index (χ0n) is 16.3. The van der Waals surface area contributed by atoms with Crippen molar-refractivity contribution in [3.63, 3.8) is 0 Å². The molecule has 1 aliphatic rings. The van der Waals surface area contributed by atoms with Crippen molar-refractivity contribution in [2.75, 3.05) is 26.2 Å². The topological polar surface area (TPSA) is 67.2 Å². The number of hydrogen-bond acceptors (Lipinski definition) is 4. The minimum absolute atomic E-state index is 0.278. The van der Waals surface area contributed by atoms with Gasteiger partial charge in [0.05, 0.1) is 6.04 Å². The van der Waals surface area contributed by atoms with Crippen LogP contribution in [0.4, 0.5) is 0 Å². The van der Waals surface area contributed by atoms with Crippen molar-refractivity contribution in [1.29, 1.82) is 0 Å². The Morgan fingerprint density at radius 1 is 1.15 bits per heavy atom. The molecule has 148 valence electrons. The third-order valence-electron chi connectivity index (χ3n) is 5.35. The van der Waals surface area contributed by atoms with Crippen molar-refractivity contribution in [2.45, 2.75) is 50.5 Å². The molecule has 6 nitrogen and oxygen atoms in total. The Morgan fingerprint density at radius 2 is 1.81 bits per heavy atom. The van der Waals surface area contributed by atoms with Gasteiger partial charge in [-0.25, -0.2) is 13.1 Å². The molecule has 0 saturated heterocycles. The van der Waals surface area contributed by atoms with Crippen LogP contribution >= 0.6 is 0 Å². The standard InChI is InChI=1S/C20H30N4O2S/c1-3-23(4-2)15-14-21-27(25,26)19-16-24(18-12-8-9-13-18)22-20(19)17-10-6-5-7-11-17/h5-7,10-11,16,18,21H,3-4,8-9,12-15H2,1-2H3. The molecule has 1 heterocycles. The summed E-state index contributed by atoms with van der Waals surface area (Å²) in [6.45, 7) is 7.07. The van der Waals surface area contributed by atoms with Crippen molar-refractivity contribution in [3.05, 3.63) is 36.5 Å². The molecule has 1 N–H and O–H groups in total. The van der Waals surface area contributed by atoms with Gasteiger partial charge in [0.1, 0.15) is 10.6 Å². The number of benzene rings is 1. The second-order valence-corrected chi connectivity index (χ2v) is 8.79. The third-order valence-corrected chi connectivity index (χ3v) is 6.81. The summed E-state index contributed by atoms with van der Waals surface area (Å²) in [4.78, 5) is 2.47. The second-order valence-electron chi connectivity index (χ2n) is 7.05. The molecular weight excluding hydrogens is 360 g/mol. The summed E-state index contributed by atoms with van der Waals surface area (Å²) in [5, 5.41) is 4.69. The van der Waals surface area contributed by atoms with Gasteiger partial charge in [-0.05, 0) is 25.9 Å². The summed E-state index contributed by atoms with van der Waals surface area (Å²) >= 11 is 0. The van der Waals surface area contributed by atoms with Gasteiger partial charge in [0.2, 0.25) is 10.0 Å². The van der Waals surface area contributed by atoms with E-state index in [-0.39, 0.29) is 4.90 Å². The molecule has 1 aromatic carbocycles. The highest BCUT2D eigenvalue weighted by molar-refractivity contribution is 7.89. The van der Waals surface area contributed by atoms with E-state index in [4.69, 9.17) is 5.10 Å². The fourth-order valence-electron chi connectivity index (χ4n) is 3.68. The quantitative estimate of drug-likeness (QED) is 0.713. The van der Waals surface area contributed by atoms with Crippen molar-refractivity contribution in [1.82, 2.24) is 19.4 Å². The van der Waals surface area contributed by atoms with E-state index in [2.05, 4.69) is 23.5 Å². The molecule has 0 unspecified atom stereocenters. The largest absolute Gasteiger partial charge is 0.303 e. The average Bonchev–Trinajstić information content (AvgIpc) is 3.35. The molecule has 0 radical (unpaired) electrons. The summed E-state index contributed by atoms with van der Waals surface area (Å²) < 4.78 is 30.7. The van der Waals surface area contributed by atoms with Gasteiger partial charge in [-0.1, -0.05) is 57.0 Å². The second kappa shape index (κ2) is 8.99. The van der Waals surface area contributed by atoms with Crippen LogP contribution in [-0.4, -0.2) is 49.3 Å². The Balaban J connectivity index is 1.87. The summed E-state index contributed by atoms with van der Waals surface area (Å²) in [6.07, 6.45) is 6.19. The smallest absolute Gasteiger partial charge is 0.244 e. The van der Waals surface area contributed by atoms with Gasteiger partial charge >= 0.3 is 0 Å². The number of likely N-dealkylation sites (N-methyl/N-ethyl adjacent to an activating group) is 1. The molecule has 1 saturated carbocycles. The molecule has 1 aliphatic carbocycles. The molecule has 1 aromatic heterocycles. The lowest BCUT2D eigenvalue weighted by Crippen LogP contribution is -2.34. The maximum atomic E-state index is 13.0. The van der Waals surface area contributed by atoms with Crippen LogP contribution in [0.3, 0.4) is 0 Å². The zero-order valence-corrected chi connectivity index (χ0v) is 17.1. The van der Waals surface area contributed by atoms with Crippen LogP contribution in [0.1, 0.15) is 45.6 Å². The van der Waals surface area contributed by atoms with E-state index in [0.717, 1.165) is 31.5 Å². The fraction of sp³-hybridized carbons (Fsp3) is 0.550. The SMILES string of the molecule is CCN(CC)CCNS(=O)(=O)c1cn(C2CCCC2)nc1-c1ccccc1. The normalized spacial score (nSPS) is 15.7. The monoisotopic (exact) mass is 390 g/mol. The highest BCUT2D eigenvalue weighted by Crippen LogP contribution is 2.33. The summed E-state index contributed by atoms with van der Waals surface area (Å²) in [7, 11) is -3.62. The molecule has 7 heteroatoms. The molecular formula is C20H30N4O2S. The van der Waals surface area contributed by atoms with Crippen LogP contribution in [0.25, 0.3) is 11.3 Å². The minimum Gasteiger partial charge on any atom is -0.303 e.